The van der Waals surface area contributed by atoms with Crippen LogP contribution in [0, 0.1) is 6.92 Å². The Morgan fingerprint density at radius 2 is 2.06 bits per heavy atom. The van der Waals surface area contributed by atoms with Crippen LogP contribution in [-0.2, 0) is 6.42 Å². The quantitative estimate of drug-likeness (QED) is 0.466. The molecule has 0 bridgehead atoms. The molecule has 0 radical (unpaired) electrons. The highest BCUT2D eigenvalue weighted by atomic mass is 16.5. The van der Waals surface area contributed by atoms with Crippen molar-refractivity contribution in [1.29, 1.82) is 0 Å². The molecule has 0 atom stereocenters. The molecule has 1 aliphatic rings. The molecule has 1 amide bonds. The highest BCUT2D eigenvalue weighted by Gasteiger charge is 2.40. The molecule has 1 saturated carbocycles. The number of benzene rings is 1. The van der Waals surface area contributed by atoms with Gasteiger partial charge in [0.05, 0.1) is 11.8 Å². The minimum atomic E-state index is -0.548. The van der Waals surface area contributed by atoms with E-state index in [9.17, 15) is 9.90 Å². The van der Waals surface area contributed by atoms with E-state index in [4.69, 9.17) is 4.52 Å². The number of pyridine rings is 1. The lowest BCUT2D eigenvalue weighted by Gasteiger charge is -2.09. The van der Waals surface area contributed by atoms with Crippen LogP contribution in [0.4, 0.5) is 5.69 Å². The number of carbonyl (C=O) groups excluding carboxylic acids is 1. The first kappa shape index (κ1) is 21.7. The molecule has 8 heteroatoms. The third-order valence-corrected chi connectivity index (χ3v) is 5.49. The maximum Gasteiger partial charge on any atom is 0.274 e. The van der Waals surface area contributed by atoms with Crippen molar-refractivity contribution in [2.75, 3.05) is 5.32 Å². The van der Waals surface area contributed by atoms with Crippen LogP contribution in [0.2, 0.25) is 0 Å². The van der Waals surface area contributed by atoms with Crippen LogP contribution in [0.1, 0.15) is 55.1 Å². The number of anilines is 1. The fourth-order valence-electron chi connectivity index (χ4n) is 3.39. The van der Waals surface area contributed by atoms with Crippen molar-refractivity contribution in [1.82, 2.24) is 19.5 Å². The predicted octanol–water partition coefficient (Wildman–Crippen LogP) is 4.43. The molecule has 0 saturated heterocycles. The van der Waals surface area contributed by atoms with E-state index in [1.165, 1.54) is 0 Å². The largest absolute Gasteiger partial charge is 0.390 e. The number of nitrogens with one attached hydrogen (secondary N) is 1. The number of aryl methyl sites for hydroxylation is 2. The maximum atomic E-state index is 12.8. The van der Waals surface area contributed by atoms with Gasteiger partial charge >= 0.3 is 0 Å². The summed E-state index contributed by atoms with van der Waals surface area (Å²) >= 11 is 0. The summed E-state index contributed by atoms with van der Waals surface area (Å²) < 4.78 is 7.07. The lowest BCUT2D eigenvalue weighted by Crippen LogP contribution is -2.15. The third-order valence-electron chi connectivity index (χ3n) is 5.49. The first-order valence-electron chi connectivity index (χ1n) is 10.9. The Labute approximate surface area is 186 Å². The summed E-state index contributed by atoms with van der Waals surface area (Å²) in [6.07, 6.45) is 6.21. The normalized spacial score (nSPS) is 14.0. The second-order valence-corrected chi connectivity index (χ2v) is 7.79. The number of amides is 1. The second-order valence-electron chi connectivity index (χ2n) is 7.79. The van der Waals surface area contributed by atoms with Crippen LogP contribution < -0.4 is 5.32 Å². The average Bonchev–Trinajstić information content (AvgIpc) is 3.20. The molecule has 3 heterocycles. The molecule has 166 valence electrons. The van der Waals surface area contributed by atoms with E-state index < -0.39 is 5.60 Å². The van der Waals surface area contributed by atoms with E-state index in [1.807, 2.05) is 57.2 Å². The molecule has 1 aromatic carbocycles. The summed E-state index contributed by atoms with van der Waals surface area (Å²) in [5, 5.41) is 17.0. The van der Waals surface area contributed by atoms with Crippen molar-refractivity contribution >= 4 is 17.2 Å². The Hall–Kier alpha value is -3.52. The average molecular weight is 434 g/mol. The molecule has 1 aliphatic carbocycles. The number of hydrogen-bond donors (Lipinski definition) is 2. The molecule has 0 spiro atoms. The topological polar surface area (TPSA) is 106 Å². The van der Waals surface area contributed by atoms with Gasteiger partial charge < -0.3 is 14.9 Å². The zero-order chi connectivity index (χ0) is 22.7. The number of imidazole rings is 1. The van der Waals surface area contributed by atoms with Crippen LogP contribution in [0.5, 0.6) is 0 Å². The molecule has 0 aliphatic heterocycles. The fraction of sp³-hybridized carbons (Fsp3) is 0.333. The molecule has 5 rings (SSSR count). The van der Waals surface area contributed by atoms with Gasteiger partial charge in [-0.2, -0.15) is 4.98 Å². The van der Waals surface area contributed by atoms with Gasteiger partial charge in [-0.15, -0.1) is 0 Å². The van der Waals surface area contributed by atoms with Crippen molar-refractivity contribution in [2.24, 2.45) is 0 Å². The lowest BCUT2D eigenvalue weighted by atomic mass is 10.1. The zero-order valence-electron chi connectivity index (χ0n) is 18.5. The standard InChI is InChI=1S/C22H21N5O3.C2H6/c1-14-5-6-15(20-25-19(30-26-20)7-8-22(29)9-10-22)12-16(14)24-21(28)17-13-23-18-4-2-3-11-27(17)18;1-2/h2-6,11-13,29H,7-10H2,1H3,(H,24,28);1-2H3. The van der Waals surface area contributed by atoms with E-state index in [-0.39, 0.29) is 5.91 Å². The summed E-state index contributed by atoms with van der Waals surface area (Å²) in [6, 6.07) is 11.2. The Morgan fingerprint density at radius 3 is 2.84 bits per heavy atom. The fourth-order valence-corrected chi connectivity index (χ4v) is 3.39. The van der Waals surface area contributed by atoms with E-state index in [0.29, 0.717) is 41.6 Å². The van der Waals surface area contributed by atoms with Crippen LogP contribution in [0.15, 0.2) is 53.3 Å². The summed E-state index contributed by atoms with van der Waals surface area (Å²) in [5.41, 5.74) is 2.95. The molecule has 1 fully saturated rings. The van der Waals surface area contributed by atoms with Crippen molar-refractivity contribution in [3.05, 3.63) is 65.9 Å². The molecule has 2 N–H and O–H groups in total. The first-order valence-corrected chi connectivity index (χ1v) is 10.9. The van der Waals surface area contributed by atoms with Gasteiger partial charge in [0.15, 0.2) is 0 Å². The van der Waals surface area contributed by atoms with Crippen LogP contribution in [0.25, 0.3) is 17.0 Å². The molecule has 0 unspecified atom stereocenters. The first-order chi connectivity index (χ1) is 15.5. The number of aliphatic hydroxyl groups is 1. The summed E-state index contributed by atoms with van der Waals surface area (Å²) in [4.78, 5) is 21.5. The van der Waals surface area contributed by atoms with Gasteiger partial charge in [-0.3, -0.25) is 9.20 Å². The summed E-state index contributed by atoms with van der Waals surface area (Å²) in [5.74, 6) is 0.709. The molecule has 3 aromatic heterocycles. The number of carbonyl (C=O) groups is 1. The summed E-state index contributed by atoms with van der Waals surface area (Å²) in [6.45, 7) is 5.92. The van der Waals surface area contributed by atoms with Crippen molar-refractivity contribution in [3.8, 4) is 11.4 Å². The van der Waals surface area contributed by atoms with E-state index in [2.05, 4.69) is 20.4 Å². The smallest absolute Gasteiger partial charge is 0.274 e. The van der Waals surface area contributed by atoms with Gasteiger partial charge in [-0.05, 0) is 49.9 Å². The Morgan fingerprint density at radius 1 is 1.25 bits per heavy atom. The molecule has 4 aromatic rings. The number of aromatic nitrogens is 4. The Balaban J connectivity index is 0.00000119. The van der Waals surface area contributed by atoms with Crippen molar-refractivity contribution in [3.63, 3.8) is 0 Å². The number of rotatable bonds is 6. The van der Waals surface area contributed by atoms with Crippen LogP contribution in [-0.4, -0.2) is 36.1 Å². The maximum absolute atomic E-state index is 12.8. The van der Waals surface area contributed by atoms with Gasteiger partial charge in [0, 0.05) is 23.9 Å². The molecule has 8 nitrogen and oxygen atoms in total. The number of hydrogen-bond acceptors (Lipinski definition) is 6. The van der Waals surface area contributed by atoms with Crippen LogP contribution >= 0.6 is 0 Å². The van der Waals surface area contributed by atoms with E-state index >= 15 is 0 Å². The van der Waals surface area contributed by atoms with Crippen molar-refractivity contribution < 1.29 is 14.4 Å². The Kier molecular flexibility index (Phi) is 6.05. The number of fused-ring (bicyclic) bond motifs is 1. The molecular formula is C24H27N5O3. The second kappa shape index (κ2) is 8.92. The van der Waals surface area contributed by atoms with Gasteiger partial charge in [-0.1, -0.05) is 37.2 Å². The minimum absolute atomic E-state index is 0.250. The monoisotopic (exact) mass is 433 g/mol. The number of nitrogens with zero attached hydrogens (tertiary/aromatic N) is 4. The zero-order valence-corrected chi connectivity index (χ0v) is 18.5. The minimum Gasteiger partial charge on any atom is -0.390 e. The summed E-state index contributed by atoms with van der Waals surface area (Å²) in [7, 11) is 0. The Bertz CT molecular complexity index is 1240. The van der Waals surface area contributed by atoms with Crippen LogP contribution in [0.3, 0.4) is 0 Å². The van der Waals surface area contributed by atoms with E-state index in [1.54, 1.807) is 16.8 Å². The van der Waals surface area contributed by atoms with Gasteiger partial charge in [0.1, 0.15) is 11.3 Å². The molecular weight excluding hydrogens is 406 g/mol. The SMILES string of the molecule is CC.Cc1ccc(-c2noc(CCC3(O)CC3)n2)cc1NC(=O)c1cnc2ccccn12. The highest BCUT2D eigenvalue weighted by molar-refractivity contribution is 6.04. The predicted molar refractivity (Wildman–Crippen MR) is 121 cm³/mol. The molecule has 32 heavy (non-hydrogen) atoms. The third kappa shape index (κ3) is 4.55. The highest BCUT2D eigenvalue weighted by Crippen LogP contribution is 2.39. The van der Waals surface area contributed by atoms with Gasteiger partial charge in [0.25, 0.3) is 5.91 Å². The van der Waals surface area contributed by atoms with Gasteiger partial charge in [-0.25, -0.2) is 4.98 Å². The lowest BCUT2D eigenvalue weighted by molar-refractivity contribution is 0.102. The van der Waals surface area contributed by atoms with Gasteiger partial charge in [0.2, 0.25) is 11.7 Å². The van der Waals surface area contributed by atoms with Crippen molar-refractivity contribution in [2.45, 2.75) is 52.1 Å². The van der Waals surface area contributed by atoms with E-state index in [0.717, 1.165) is 24.0 Å².